The summed E-state index contributed by atoms with van der Waals surface area (Å²) in [4.78, 5) is 26.4. The minimum atomic E-state index is -0.323. The maximum atomic E-state index is 13.3. The molecular weight excluding hydrogens is 411 g/mol. The molecule has 2 aromatic carbocycles. The van der Waals surface area contributed by atoms with Gasteiger partial charge in [-0.3, -0.25) is 15.1 Å². The molecule has 0 aliphatic heterocycles. The zero-order valence-electron chi connectivity index (χ0n) is 16.1. The summed E-state index contributed by atoms with van der Waals surface area (Å²) < 4.78 is 13.3. The summed E-state index contributed by atoms with van der Waals surface area (Å²) in [5.41, 5.74) is 4.12. The van der Waals surface area contributed by atoms with Gasteiger partial charge in [-0.1, -0.05) is 18.2 Å². The summed E-state index contributed by atoms with van der Waals surface area (Å²) >= 11 is 1.35. The first-order valence-corrected chi connectivity index (χ1v) is 10.4. The monoisotopic (exact) mass is 426 g/mol. The fourth-order valence-corrected chi connectivity index (χ4v) is 3.99. The van der Waals surface area contributed by atoms with E-state index in [4.69, 9.17) is 0 Å². The molecule has 0 spiro atoms. The van der Waals surface area contributed by atoms with Crippen molar-refractivity contribution in [2.24, 2.45) is 0 Å². The molecule has 7 heteroatoms. The third-order valence-corrected chi connectivity index (χ3v) is 5.54. The Balaban J connectivity index is 1.51. The molecule has 0 aliphatic carbocycles. The Labute approximate surface area is 181 Å². The number of carbonyl (C=O) groups is 1. The Bertz CT molecular complexity index is 1380. The zero-order valence-corrected chi connectivity index (χ0v) is 16.9. The van der Waals surface area contributed by atoms with Gasteiger partial charge in [0.1, 0.15) is 5.82 Å². The molecule has 3 heterocycles. The van der Waals surface area contributed by atoms with Crippen molar-refractivity contribution < 1.29 is 9.18 Å². The number of nitrogens with zero attached hydrogens (tertiary/aromatic N) is 3. The number of pyridine rings is 2. The molecule has 150 valence electrons. The second-order valence-electron chi connectivity index (χ2n) is 6.81. The second-order valence-corrected chi connectivity index (χ2v) is 7.67. The van der Waals surface area contributed by atoms with E-state index >= 15 is 0 Å². The van der Waals surface area contributed by atoms with E-state index in [9.17, 15) is 9.18 Å². The molecule has 5 aromatic rings. The van der Waals surface area contributed by atoms with Gasteiger partial charge in [0.25, 0.3) is 5.91 Å². The minimum Gasteiger partial charge on any atom is -0.298 e. The number of aromatic nitrogens is 3. The van der Waals surface area contributed by atoms with Gasteiger partial charge < -0.3 is 0 Å². The molecule has 0 fully saturated rings. The van der Waals surface area contributed by atoms with E-state index in [2.05, 4.69) is 20.3 Å². The topological polar surface area (TPSA) is 67.8 Å². The van der Waals surface area contributed by atoms with Gasteiger partial charge in [0.15, 0.2) is 5.13 Å². The van der Waals surface area contributed by atoms with Crippen LogP contribution in [0.25, 0.3) is 33.4 Å². The fraction of sp³-hybridized carbons (Fsp3) is 0. The largest absolute Gasteiger partial charge is 0.298 e. The van der Waals surface area contributed by atoms with Gasteiger partial charge in [-0.25, -0.2) is 14.4 Å². The van der Waals surface area contributed by atoms with Crippen molar-refractivity contribution in [1.82, 2.24) is 15.0 Å². The lowest BCUT2D eigenvalue weighted by atomic mass is 10.0. The van der Waals surface area contributed by atoms with Crippen LogP contribution in [0.5, 0.6) is 0 Å². The molecule has 1 amide bonds. The van der Waals surface area contributed by atoms with Crippen molar-refractivity contribution in [2.45, 2.75) is 0 Å². The molecule has 5 rings (SSSR count). The number of rotatable bonds is 4. The molecule has 0 bridgehead atoms. The smallest absolute Gasteiger partial charge is 0.258 e. The van der Waals surface area contributed by atoms with Gasteiger partial charge in [0, 0.05) is 34.3 Å². The summed E-state index contributed by atoms with van der Waals surface area (Å²) in [5.74, 6) is -0.607. The Morgan fingerprint density at radius 2 is 1.74 bits per heavy atom. The predicted octanol–water partition coefficient (Wildman–Crippen LogP) is 5.81. The molecule has 1 N–H and O–H groups in total. The average molecular weight is 426 g/mol. The number of amides is 1. The third kappa shape index (κ3) is 3.91. The van der Waals surface area contributed by atoms with Crippen LogP contribution in [0.2, 0.25) is 0 Å². The number of thiazole rings is 1. The quantitative estimate of drug-likeness (QED) is 0.394. The van der Waals surface area contributed by atoms with Crippen molar-refractivity contribution in [3.05, 3.63) is 95.9 Å². The first-order chi connectivity index (χ1) is 15.2. The lowest BCUT2D eigenvalue weighted by Gasteiger charge is -2.09. The second kappa shape index (κ2) is 8.04. The number of anilines is 1. The fourth-order valence-electron chi connectivity index (χ4n) is 3.27. The molecule has 0 radical (unpaired) electrons. The molecule has 31 heavy (non-hydrogen) atoms. The highest BCUT2D eigenvalue weighted by Crippen LogP contribution is 2.28. The number of benzene rings is 2. The van der Waals surface area contributed by atoms with Gasteiger partial charge in [-0.15, -0.1) is 11.3 Å². The van der Waals surface area contributed by atoms with E-state index in [1.54, 1.807) is 30.6 Å². The molecule has 0 aliphatic rings. The van der Waals surface area contributed by atoms with Crippen molar-refractivity contribution in [3.63, 3.8) is 0 Å². The standard InChI is InChI=1S/C24H15FN4OS/c25-17-9-7-15(8-10-17)21-12-19(18-5-1-2-6-20(18)27-21)23(30)29-24-28-22(14-31-24)16-4-3-11-26-13-16/h1-14H,(H,28,29,30). The predicted molar refractivity (Wildman–Crippen MR) is 120 cm³/mol. The normalized spacial score (nSPS) is 10.9. The molecular formula is C24H15FN4OS. The third-order valence-electron chi connectivity index (χ3n) is 4.78. The molecule has 5 nitrogen and oxygen atoms in total. The lowest BCUT2D eigenvalue weighted by molar-refractivity contribution is 0.102. The van der Waals surface area contributed by atoms with Crippen molar-refractivity contribution in [3.8, 4) is 22.5 Å². The van der Waals surface area contributed by atoms with Crippen LogP contribution in [0.15, 0.2) is 84.5 Å². The zero-order chi connectivity index (χ0) is 21.2. The van der Waals surface area contributed by atoms with E-state index < -0.39 is 0 Å². The summed E-state index contributed by atoms with van der Waals surface area (Å²) in [6.45, 7) is 0. The Kier molecular flexibility index (Phi) is 4.93. The highest BCUT2D eigenvalue weighted by atomic mass is 32.1. The average Bonchev–Trinajstić information content (AvgIpc) is 3.28. The van der Waals surface area contributed by atoms with Crippen LogP contribution >= 0.6 is 11.3 Å². The van der Waals surface area contributed by atoms with Crippen LogP contribution in [0, 0.1) is 5.82 Å². The summed E-state index contributed by atoms with van der Waals surface area (Å²) in [5, 5.41) is 5.99. The minimum absolute atomic E-state index is 0.283. The highest BCUT2D eigenvalue weighted by molar-refractivity contribution is 7.14. The number of fused-ring (bicyclic) bond motifs is 1. The molecule has 3 aromatic heterocycles. The number of para-hydroxylation sites is 1. The van der Waals surface area contributed by atoms with Crippen molar-refractivity contribution in [2.75, 3.05) is 5.32 Å². The van der Waals surface area contributed by atoms with Crippen LogP contribution < -0.4 is 5.32 Å². The number of hydrogen-bond acceptors (Lipinski definition) is 5. The van der Waals surface area contributed by atoms with Crippen LogP contribution in [0.1, 0.15) is 10.4 Å². The van der Waals surface area contributed by atoms with Gasteiger partial charge in [-0.05, 0) is 48.5 Å². The van der Waals surface area contributed by atoms with E-state index in [1.165, 1.54) is 23.5 Å². The molecule has 0 saturated heterocycles. The SMILES string of the molecule is O=C(Nc1nc(-c2cccnc2)cs1)c1cc(-c2ccc(F)cc2)nc2ccccc12. The maximum Gasteiger partial charge on any atom is 0.258 e. The highest BCUT2D eigenvalue weighted by Gasteiger charge is 2.16. The van der Waals surface area contributed by atoms with E-state index in [0.29, 0.717) is 21.9 Å². The van der Waals surface area contributed by atoms with Gasteiger partial charge in [0.05, 0.1) is 22.5 Å². The lowest BCUT2D eigenvalue weighted by Crippen LogP contribution is -2.13. The first-order valence-electron chi connectivity index (χ1n) is 9.50. The van der Waals surface area contributed by atoms with Gasteiger partial charge >= 0.3 is 0 Å². The molecule has 0 unspecified atom stereocenters. The van der Waals surface area contributed by atoms with Crippen LogP contribution in [-0.4, -0.2) is 20.9 Å². The Morgan fingerprint density at radius 3 is 2.55 bits per heavy atom. The number of nitrogens with one attached hydrogen (secondary N) is 1. The van der Waals surface area contributed by atoms with E-state index in [1.807, 2.05) is 41.8 Å². The summed E-state index contributed by atoms with van der Waals surface area (Å²) in [6.07, 6.45) is 3.43. The first kappa shape index (κ1) is 19.0. The number of halogens is 1. The van der Waals surface area contributed by atoms with Crippen molar-refractivity contribution in [1.29, 1.82) is 0 Å². The summed E-state index contributed by atoms with van der Waals surface area (Å²) in [6, 6.07) is 19.0. The molecule has 0 atom stereocenters. The van der Waals surface area contributed by atoms with E-state index in [-0.39, 0.29) is 11.7 Å². The van der Waals surface area contributed by atoms with E-state index in [0.717, 1.165) is 22.2 Å². The van der Waals surface area contributed by atoms with Crippen molar-refractivity contribution >= 4 is 33.3 Å². The Morgan fingerprint density at radius 1 is 0.903 bits per heavy atom. The van der Waals surface area contributed by atoms with Crippen LogP contribution in [0.4, 0.5) is 9.52 Å². The van der Waals surface area contributed by atoms with Crippen LogP contribution in [-0.2, 0) is 0 Å². The van der Waals surface area contributed by atoms with Crippen LogP contribution in [0.3, 0.4) is 0 Å². The Hall–Kier alpha value is -3.97. The summed E-state index contributed by atoms with van der Waals surface area (Å²) in [7, 11) is 0. The number of hydrogen-bond donors (Lipinski definition) is 1. The van der Waals surface area contributed by atoms with Gasteiger partial charge in [-0.2, -0.15) is 0 Å². The maximum absolute atomic E-state index is 13.3. The number of carbonyl (C=O) groups excluding carboxylic acids is 1. The van der Waals surface area contributed by atoms with Gasteiger partial charge in [0.2, 0.25) is 0 Å². The molecule has 0 saturated carbocycles.